The third-order valence-corrected chi connectivity index (χ3v) is 6.18. The average Bonchev–Trinajstić information content (AvgIpc) is 3.45. The maximum Gasteiger partial charge on any atom is 0.213 e. The highest BCUT2D eigenvalue weighted by atomic mass is 16.5. The van der Waals surface area contributed by atoms with Gasteiger partial charge in [-0.15, -0.1) is 0 Å². The molecule has 2 fully saturated rings. The number of likely N-dealkylation sites (tertiary alicyclic amines) is 1. The smallest absolute Gasteiger partial charge is 0.213 e. The average molecular weight is 397 g/mol. The quantitative estimate of drug-likeness (QED) is 0.621. The normalized spacial score (nSPS) is 23.4. The molecule has 1 N–H and O–H groups in total. The highest BCUT2D eigenvalue weighted by molar-refractivity contribution is 5.80. The predicted molar refractivity (Wildman–Crippen MR) is 114 cm³/mol. The Hall–Kier alpha value is -2.57. The molecule has 2 unspecified atom stereocenters. The SMILES string of the molecule is CN=C(NCc1ccc(OC2CCCC2)nc1)N1CCC(C)C(n2ccnc2)C1. The lowest BCUT2D eigenvalue weighted by Gasteiger charge is -2.39. The Labute approximate surface area is 173 Å². The van der Waals surface area contributed by atoms with E-state index in [1.807, 2.05) is 31.8 Å². The van der Waals surface area contributed by atoms with Gasteiger partial charge in [-0.1, -0.05) is 13.0 Å². The van der Waals surface area contributed by atoms with E-state index in [2.05, 4.69) is 48.9 Å². The molecule has 7 heteroatoms. The maximum atomic E-state index is 5.96. The first-order valence-corrected chi connectivity index (χ1v) is 10.8. The molecule has 1 aliphatic carbocycles. The summed E-state index contributed by atoms with van der Waals surface area (Å²) in [5, 5.41) is 3.50. The molecule has 29 heavy (non-hydrogen) atoms. The van der Waals surface area contributed by atoms with E-state index in [4.69, 9.17) is 4.74 Å². The summed E-state index contributed by atoms with van der Waals surface area (Å²) in [6, 6.07) is 4.48. The number of rotatable bonds is 5. The first-order chi connectivity index (χ1) is 14.2. The van der Waals surface area contributed by atoms with Gasteiger partial charge in [-0.05, 0) is 43.6 Å². The Kier molecular flexibility index (Phi) is 6.32. The number of nitrogens with zero attached hydrogens (tertiary/aromatic N) is 5. The lowest BCUT2D eigenvalue weighted by molar-refractivity contribution is 0.189. The van der Waals surface area contributed by atoms with E-state index >= 15 is 0 Å². The van der Waals surface area contributed by atoms with Crippen molar-refractivity contribution in [2.75, 3.05) is 20.1 Å². The number of hydrogen-bond acceptors (Lipinski definition) is 4. The Morgan fingerprint density at radius 1 is 1.28 bits per heavy atom. The molecule has 7 nitrogen and oxygen atoms in total. The zero-order valence-corrected chi connectivity index (χ0v) is 17.5. The third-order valence-electron chi connectivity index (χ3n) is 6.18. The molecule has 3 heterocycles. The molecular formula is C22H32N6O. The summed E-state index contributed by atoms with van der Waals surface area (Å²) in [4.78, 5) is 15.6. The molecule has 0 aromatic carbocycles. The van der Waals surface area contributed by atoms with E-state index in [0.29, 0.717) is 24.6 Å². The second-order valence-corrected chi connectivity index (χ2v) is 8.22. The molecule has 2 aliphatic rings. The lowest BCUT2D eigenvalue weighted by Crippen LogP contribution is -2.48. The van der Waals surface area contributed by atoms with Crippen LogP contribution in [-0.2, 0) is 6.54 Å². The van der Waals surface area contributed by atoms with Crippen molar-refractivity contribution in [1.29, 1.82) is 0 Å². The number of guanidine groups is 1. The van der Waals surface area contributed by atoms with Crippen molar-refractivity contribution in [3.8, 4) is 5.88 Å². The van der Waals surface area contributed by atoms with Crippen LogP contribution in [-0.4, -0.2) is 51.6 Å². The fourth-order valence-corrected chi connectivity index (χ4v) is 4.37. The highest BCUT2D eigenvalue weighted by Crippen LogP contribution is 2.27. The number of imidazole rings is 1. The van der Waals surface area contributed by atoms with Gasteiger partial charge >= 0.3 is 0 Å². The molecule has 2 aromatic heterocycles. The molecule has 1 saturated heterocycles. The van der Waals surface area contributed by atoms with Crippen LogP contribution in [0.2, 0.25) is 0 Å². The number of piperidine rings is 1. The van der Waals surface area contributed by atoms with Crippen LogP contribution >= 0.6 is 0 Å². The fourth-order valence-electron chi connectivity index (χ4n) is 4.37. The molecule has 156 valence electrons. The van der Waals surface area contributed by atoms with E-state index in [1.54, 1.807) is 0 Å². The van der Waals surface area contributed by atoms with Crippen LogP contribution in [0.15, 0.2) is 42.0 Å². The summed E-state index contributed by atoms with van der Waals surface area (Å²) < 4.78 is 8.18. The van der Waals surface area contributed by atoms with E-state index in [0.717, 1.165) is 49.8 Å². The molecule has 0 radical (unpaired) electrons. The van der Waals surface area contributed by atoms with Crippen molar-refractivity contribution in [2.24, 2.45) is 10.9 Å². The van der Waals surface area contributed by atoms with Crippen molar-refractivity contribution in [2.45, 2.75) is 57.7 Å². The summed E-state index contributed by atoms with van der Waals surface area (Å²) in [5.74, 6) is 2.29. The van der Waals surface area contributed by atoms with Crippen molar-refractivity contribution in [3.05, 3.63) is 42.6 Å². The summed E-state index contributed by atoms with van der Waals surface area (Å²) in [6.07, 6.45) is 14.0. The van der Waals surface area contributed by atoms with Crippen LogP contribution in [0.4, 0.5) is 0 Å². The highest BCUT2D eigenvalue weighted by Gasteiger charge is 2.28. The predicted octanol–water partition coefficient (Wildman–Crippen LogP) is 3.26. The number of aliphatic imine (C=N–C) groups is 1. The molecule has 0 spiro atoms. The minimum atomic E-state index is 0.343. The molecular weight excluding hydrogens is 364 g/mol. The summed E-state index contributed by atoms with van der Waals surface area (Å²) in [5.41, 5.74) is 1.13. The van der Waals surface area contributed by atoms with Gasteiger partial charge in [0.25, 0.3) is 0 Å². The van der Waals surface area contributed by atoms with Crippen molar-refractivity contribution >= 4 is 5.96 Å². The van der Waals surface area contributed by atoms with Gasteiger partial charge in [0.1, 0.15) is 6.10 Å². The second kappa shape index (κ2) is 9.29. The van der Waals surface area contributed by atoms with Crippen LogP contribution in [0.5, 0.6) is 5.88 Å². The Morgan fingerprint density at radius 2 is 2.14 bits per heavy atom. The molecule has 2 atom stereocenters. The van der Waals surface area contributed by atoms with Crippen LogP contribution < -0.4 is 10.1 Å². The second-order valence-electron chi connectivity index (χ2n) is 8.22. The van der Waals surface area contributed by atoms with Gasteiger partial charge in [0, 0.05) is 51.3 Å². The number of aromatic nitrogens is 3. The van der Waals surface area contributed by atoms with Crippen LogP contribution in [0.25, 0.3) is 0 Å². The topological polar surface area (TPSA) is 67.6 Å². The standard InChI is InChI=1S/C22H32N6O/c1-17-9-11-27(15-20(17)28-12-10-24-16-28)22(23-2)26-14-18-7-8-21(25-13-18)29-19-5-3-4-6-19/h7-8,10,12-13,16-17,19-20H,3-6,9,11,14-15H2,1-2H3,(H,23,26). The van der Waals surface area contributed by atoms with E-state index in [1.165, 1.54) is 12.8 Å². The van der Waals surface area contributed by atoms with Crippen molar-refractivity contribution < 1.29 is 4.74 Å². The van der Waals surface area contributed by atoms with Gasteiger partial charge in [0.15, 0.2) is 5.96 Å². The van der Waals surface area contributed by atoms with E-state index in [-0.39, 0.29) is 0 Å². The van der Waals surface area contributed by atoms with Gasteiger partial charge in [-0.3, -0.25) is 4.99 Å². The van der Waals surface area contributed by atoms with Crippen molar-refractivity contribution in [3.63, 3.8) is 0 Å². The monoisotopic (exact) mass is 396 g/mol. The summed E-state index contributed by atoms with van der Waals surface area (Å²) >= 11 is 0. The molecule has 0 amide bonds. The number of ether oxygens (including phenoxy) is 1. The Morgan fingerprint density at radius 3 is 2.83 bits per heavy atom. The number of nitrogens with one attached hydrogen (secondary N) is 1. The number of hydrogen-bond donors (Lipinski definition) is 1. The van der Waals surface area contributed by atoms with Gasteiger partial charge in [0.2, 0.25) is 5.88 Å². The third kappa shape index (κ3) is 4.89. The molecule has 4 rings (SSSR count). The summed E-state index contributed by atoms with van der Waals surface area (Å²) in [7, 11) is 1.85. The van der Waals surface area contributed by atoms with Gasteiger partial charge in [-0.2, -0.15) is 0 Å². The Balaban J connectivity index is 1.32. The fraction of sp³-hybridized carbons (Fsp3) is 0.591. The Bertz CT molecular complexity index is 782. The van der Waals surface area contributed by atoms with Crippen LogP contribution in [0.1, 0.15) is 50.6 Å². The van der Waals surface area contributed by atoms with Gasteiger partial charge in [-0.25, -0.2) is 9.97 Å². The summed E-state index contributed by atoms with van der Waals surface area (Å²) in [6.45, 7) is 4.96. The number of pyridine rings is 1. The molecule has 0 bridgehead atoms. The van der Waals surface area contributed by atoms with E-state index < -0.39 is 0 Å². The zero-order valence-electron chi connectivity index (χ0n) is 17.5. The first-order valence-electron chi connectivity index (χ1n) is 10.8. The van der Waals surface area contributed by atoms with Crippen LogP contribution in [0.3, 0.4) is 0 Å². The van der Waals surface area contributed by atoms with Crippen molar-refractivity contribution in [1.82, 2.24) is 24.8 Å². The first kappa shape index (κ1) is 19.7. The molecule has 1 saturated carbocycles. The van der Waals surface area contributed by atoms with Gasteiger partial charge in [0.05, 0.1) is 12.4 Å². The van der Waals surface area contributed by atoms with Gasteiger partial charge < -0.3 is 19.5 Å². The largest absolute Gasteiger partial charge is 0.474 e. The zero-order chi connectivity index (χ0) is 20.1. The maximum absolute atomic E-state index is 5.96. The lowest BCUT2D eigenvalue weighted by atomic mass is 9.93. The van der Waals surface area contributed by atoms with E-state index in [9.17, 15) is 0 Å². The minimum Gasteiger partial charge on any atom is -0.474 e. The molecule has 2 aromatic rings. The van der Waals surface area contributed by atoms with Crippen LogP contribution in [0, 0.1) is 5.92 Å². The minimum absolute atomic E-state index is 0.343. The molecule has 1 aliphatic heterocycles.